The van der Waals surface area contributed by atoms with E-state index in [1.165, 1.54) is 17.3 Å². The van der Waals surface area contributed by atoms with Gasteiger partial charge in [-0.05, 0) is 43.5 Å². The molecule has 2 aromatic rings. The number of rotatable bonds is 7. The van der Waals surface area contributed by atoms with Crippen LogP contribution in [0.15, 0.2) is 47.4 Å². The van der Waals surface area contributed by atoms with Crippen LogP contribution in [0.1, 0.15) is 23.6 Å². The van der Waals surface area contributed by atoms with Crippen LogP contribution in [-0.2, 0) is 16.0 Å². The molecule has 2 rings (SSSR count). The number of hydrogen-bond acceptors (Lipinski definition) is 3. The van der Waals surface area contributed by atoms with E-state index in [2.05, 4.69) is 22.8 Å². The minimum atomic E-state index is -0.217. The van der Waals surface area contributed by atoms with Crippen molar-refractivity contribution >= 4 is 29.3 Å². The van der Waals surface area contributed by atoms with E-state index in [1.54, 1.807) is 0 Å². The molecule has 0 aliphatic carbocycles. The number of nitrogens with one attached hydrogen (secondary N) is 2. The number of anilines is 1. The van der Waals surface area contributed by atoms with Gasteiger partial charge in [0.05, 0.1) is 12.3 Å². The van der Waals surface area contributed by atoms with Gasteiger partial charge in [0.1, 0.15) is 0 Å². The second kappa shape index (κ2) is 9.28. The third-order valence-electron chi connectivity index (χ3n) is 3.82. The van der Waals surface area contributed by atoms with Crippen LogP contribution in [0, 0.1) is 13.8 Å². The standard InChI is InChI=1S/C20H24N2O2S/c1-4-16-7-5-6-8-17(16)22-19(23)12-21-20(24)13-25-18-11-14(2)9-10-15(18)3/h5-11H,4,12-13H2,1-3H3,(H,21,24)(H,22,23). The third kappa shape index (κ3) is 5.94. The van der Waals surface area contributed by atoms with Gasteiger partial charge < -0.3 is 10.6 Å². The van der Waals surface area contributed by atoms with E-state index < -0.39 is 0 Å². The Morgan fingerprint density at radius 2 is 1.80 bits per heavy atom. The summed E-state index contributed by atoms with van der Waals surface area (Å²) in [5.41, 5.74) is 4.20. The summed E-state index contributed by atoms with van der Waals surface area (Å²) in [7, 11) is 0. The molecule has 0 radical (unpaired) electrons. The molecule has 0 aromatic heterocycles. The molecule has 0 heterocycles. The first-order valence-electron chi connectivity index (χ1n) is 8.34. The van der Waals surface area contributed by atoms with Crippen LogP contribution >= 0.6 is 11.8 Å². The Labute approximate surface area is 153 Å². The maximum Gasteiger partial charge on any atom is 0.243 e. The van der Waals surface area contributed by atoms with Gasteiger partial charge >= 0.3 is 0 Å². The van der Waals surface area contributed by atoms with E-state index >= 15 is 0 Å². The Morgan fingerprint density at radius 3 is 2.56 bits per heavy atom. The third-order valence-corrected chi connectivity index (χ3v) is 4.98. The van der Waals surface area contributed by atoms with Crippen molar-refractivity contribution in [2.75, 3.05) is 17.6 Å². The van der Waals surface area contributed by atoms with Gasteiger partial charge in [0.25, 0.3) is 0 Å². The summed E-state index contributed by atoms with van der Waals surface area (Å²) in [6, 6.07) is 13.9. The summed E-state index contributed by atoms with van der Waals surface area (Å²) in [6.07, 6.45) is 0.843. The zero-order valence-electron chi connectivity index (χ0n) is 14.9. The predicted molar refractivity (Wildman–Crippen MR) is 104 cm³/mol. The molecule has 0 aliphatic rings. The minimum absolute atomic E-state index is 0.0236. The summed E-state index contributed by atoms with van der Waals surface area (Å²) in [4.78, 5) is 25.1. The fourth-order valence-electron chi connectivity index (χ4n) is 2.38. The Morgan fingerprint density at radius 1 is 1.04 bits per heavy atom. The molecular weight excluding hydrogens is 332 g/mol. The van der Waals surface area contributed by atoms with E-state index in [0.29, 0.717) is 5.75 Å². The normalized spacial score (nSPS) is 10.4. The molecule has 0 aliphatic heterocycles. The maximum atomic E-state index is 12.0. The largest absolute Gasteiger partial charge is 0.346 e. The first-order chi connectivity index (χ1) is 12.0. The number of carbonyl (C=O) groups excluding carboxylic acids is 2. The average Bonchev–Trinajstić information content (AvgIpc) is 2.61. The summed E-state index contributed by atoms with van der Waals surface area (Å²) in [5, 5.41) is 5.52. The fourth-order valence-corrected chi connectivity index (χ4v) is 3.33. The molecule has 25 heavy (non-hydrogen) atoms. The highest BCUT2D eigenvalue weighted by molar-refractivity contribution is 8.00. The summed E-state index contributed by atoms with van der Waals surface area (Å²) in [6.45, 7) is 6.07. The fraction of sp³-hybridized carbons (Fsp3) is 0.300. The number of para-hydroxylation sites is 1. The van der Waals surface area contributed by atoms with Gasteiger partial charge in [-0.3, -0.25) is 9.59 Å². The van der Waals surface area contributed by atoms with E-state index in [4.69, 9.17) is 0 Å². The van der Waals surface area contributed by atoms with E-state index in [1.807, 2.05) is 51.1 Å². The molecular formula is C20H24N2O2S. The molecule has 0 saturated carbocycles. The number of amides is 2. The predicted octanol–water partition coefficient (Wildman–Crippen LogP) is 3.71. The van der Waals surface area contributed by atoms with Crippen molar-refractivity contribution in [1.29, 1.82) is 0 Å². The van der Waals surface area contributed by atoms with Gasteiger partial charge in [-0.15, -0.1) is 11.8 Å². The summed E-state index contributed by atoms with van der Waals surface area (Å²) in [5.74, 6) is -0.0702. The number of carbonyl (C=O) groups is 2. The Bertz CT molecular complexity index is 759. The molecule has 0 bridgehead atoms. The molecule has 0 atom stereocenters. The smallest absolute Gasteiger partial charge is 0.243 e. The van der Waals surface area contributed by atoms with Crippen molar-refractivity contribution in [1.82, 2.24) is 5.32 Å². The number of aryl methyl sites for hydroxylation is 3. The zero-order chi connectivity index (χ0) is 18.2. The highest BCUT2D eigenvalue weighted by Gasteiger charge is 2.09. The van der Waals surface area contributed by atoms with Gasteiger partial charge in [-0.2, -0.15) is 0 Å². The monoisotopic (exact) mass is 356 g/mol. The topological polar surface area (TPSA) is 58.2 Å². The molecule has 0 spiro atoms. The molecule has 4 nitrogen and oxygen atoms in total. The quantitative estimate of drug-likeness (QED) is 0.744. The van der Waals surface area contributed by atoms with Crippen LogP contribution in [0.25, 0.3) is 0 Å². The average molecular weight is 356 g/mol. The number of thioether (sulfide) groups is 1. The lowest BCUT2D eigenvalue weighted by Crippen LogP contribution is -2.34. The van der Waals surface area contributed by atoms with Crippen LogP contribution in [0.2, 0.25) is 0 Å². The molecule has 0 unspecified atom stereocenters. The lowest BCUT2D eigenvalue weighted by Gasteiger charge is -2.10. The van der Waals surface area contributed by atoms with Crippen LogP contribution < -0.4 is 10.6 Å². The summed E-state index contributed by atoms with van der Waals surface area (Å²) >= 11 is 1.49. The van der Waals surface area contributed by atoms with Gasteiger partial charge in [0, 0.05) is 10.6 Å². The van der Waals surface area contributed by atoms with Crippen molar-refractivity contribution in [2.24, 2.45) is 0 Å². The van der Waals surface area contributed by atoms with Crippen molar-refractivity contribution in [2.45, 2.75) is 32.1 Å². The lowest BCUT2D eigenvalue weighted by molar-refractivity contribution is -0.122. The van der Waals surface area contributed by atoms with Gasteiger partial charge in [0.15, 0.2) is 0 Å². The summed E-state index contributed by atoms with van der Waals surface area (Å²) < 4.78 is 0. The Hall–Kier alpha value is -2.27. The molecule has 2 aromatic carbocycles. The van der Waals surface area contributed by atoms with Crippen molar-refractivity contribution < 1.29 is 9.59 Å². The lowest BCUT2D eigenvalue weighted by atomic mass is 10.1. The second-order valence-electron chi connectivity index (χ2n) is 5.89. The van der Waals surface area contributed by atoms with Crippen LogP contribution in [0.3, 0.4) is 0 Å². The zero-order valence-corrected chi connectivity index (χ0v) is 15.7. The SMILES string of the molecule is CCc1ccccc1NC(=O)CNC(=O)CSc1cc(C)ccc1C. The molecule has 2 amide bonds. The van der Waals surface area contributed by atoms with Gasteiger partial charge in [0.2, 0.25) is 11.8 Å². The van der Waals surface area contributed by atoms with Gasteiger partial charge in [-0.25, -0.2) is 0 Å². The number of benzene rings is 2. The van der Waals surface area contributed by atoms with Crippen LogP contribution in [0.4, 0.5) is 5.69 Å². The maximum absolute atomic E-state index is 12.0. The van der Waals surface area contributed by atoms with Gasteiger partial charge in [-0.1, -0.05) is 42.8 Å². The first-order valence-corrected chi connectivity index (χ1v) is 9.32. The second-order valence-corrected chi connectivity index (χ2v) is 6.91. The van der Waals surface area contributed by atoms with Crippen molar-refractivity contribution in [3.8, 4) is 0 Å². The van der Waals surface area contributed by atoms with Crippen LogP contribution in [0.5, 0.6) is 0 Å². The minimum Gasteiger partial charge on any atom is -0.346 e. The molecule has 132 valence electrons. The van der Waals surface area contributed by atoms with Crippen molar-refractivity contribution in [3.05, 3.63) is 59.2 Å². The highest BCUT2D eigenvalue weighted by atomic mass is 32.2. The Balaban J connectivity index is 1.79. The molecule has 0 saturated heterocycles. The van der Waals surface area contributed by atoms with E-state index in [0.717, 1.165) is 28.1 Å². The van der Waals surface area contributed by atoms with E-state index in [9.17, 15) is 9.59 Å². The highest BCUT2D eigenvalue weighted by Crippen LogP contribution is 2.23. The van der Waals surface area contributed by atoms with Crippen LogP contribution in [-0.4, -0.2) is 24.1 Å². The molecule has 2 N–H and O–H groups in total. The Kier molecular flexibility index (Phi) is 7.07. The number of hydrogen-bond donors (Lipinski definition) is 2. The van der Waals surface area contributed by atoms with Crippen molar-refractivity contribution in [3.63, 3.8) is 0 Å². The van der Waals surface area contributed by atoms with E-state index in [-0.39, 0.29) is 18.4 Å². The molecule has 5 heteroatoms. The first kappa shape index (κ1) is 19.1. The molecule has 0 fully saturated rings.